The molecule has 1 aromatic carbocycles. The standard InChI is InChI=1S/C25H26F2N6O3/c1-12(13-5-8-16-17(9-6-13)34-23(29-16)14-3-4-14)2-11-19-30-22-15-7-10-18-21(36-25(26,27)35-18)20(15)31-24(28)33(22)32-19/h7,10,12-14H,2-6,8-9,11H2,1H3,(H2,28,31). The van der Waals surface area contributed by atoms with Gasteiger partial charge in [0, 0.05) is 24.1 Å². The zero-order chi connectivity index (χ0) is 24.6. The first-order valence-electron chi connectivity index (χ1n) is 12.6. The Hall–Kier alpha value is -3.50. The van der Waals surface area contributed by atoms with Gasteiger partial charge in [-0.15, -0.1) is 13.9 Å². The van der Waals surface area contributed by atoms with Crippen LogP contribution in [0.25, 0.3) is 16.6 Å². The van der Waals surface area contributed by atoms with Crippen molar-refractivity contribution in [1.29, 1.82) is 0 Å². The summed E-state index contributed by atoms with van der Waals surface area (Å²) in [5.41, 5.74) is 7.89. The third kappa shape index (κ3) is 3.63. The molecule has 0 radical (unpaired) electrons. The maximum absolute atomic E-state index is 13.6. The Labute approximate surface area is 205 Å². The maximum Gasteiger partial charge on any atom is 0.586 e. The molecule has 2 unspecified atom stereocenters. The molecule has 36 heavy (non-hydrogen) atoms. The van der Waals surface area contributed by atoms with Gasteiger partial charge in [-0.05, 0) is 62.5 Å². The van der Waals surface area contributed by atoms with Crippen LogP contribution in [0.3, 0.4) is 0 Å². The fraction of sp³-hybridized carbons (Fsp3) is 0.520. The number of halogens is 2. The zero-order valence-electron chi connectivity index (χ0n) is 19.8. The van der Waals surface area contributed by atoms with Gasteiger partial charge in [-0.1, -0.05) is 6.92 Å². The molecule has 1 fully saturated rings. The summed E-state index contributed by atoms with van der Waals surface area (Å²) in [5.74, 6) is 4.10. The molecule has 1 saturated carbocycles. The zero-order valence-corrected chi connectivity index (χ0v) is 19.8. The average molecular weight is 497 g/mol. The molecule has 2 aliphatic carbocycles. The summed E-state index contributed by atoms with van der Waals surface area (Å²) in [6.45, 7) is 2.28. The summed E-state index contributed by atoms with van der Waals surface area (Å²) in [5, 5.41) is 5.07. The normalized spacial score (nSPS) is 21.6. The molecule has 3 aliphatic rings. The number of hydrogen-bond donors (Lipinski definition) is 1. The van der Waals surface area contributed by atoms with E-state index in [-0.39, 0.29) is 23.0 Å². The molecule has 2 atom stereocenters. The van der Waals surface area contributed by atoms with E-state index in [0.29, 0.717) is 41.0 Å². The van der Waals surface area contributed by atoms with E-state index in [0.717, 1.165) is 49.4 Å². The number of aromatic nitrogens is 5. The second-order valence-corrected chi connectivity index (χ2v) is 10.2. The van der Waals surface area contributed by atoms with Crippen molar-refractivity contribution in [3.63, 3.8) is 0 Å². The molecular weight excluding hydrogens is 470 g/mol. The van der Waals surface area contributed by atoms with Crippen LogP contribution in [0.5, 0.6) is 11.5 Å². The van der Waals surface area contributed by atoms with Gasteiger partial charge in [0.2, 0.25) is 5.95 Å². The van der Waals surface area contributed by atoms with E-state index in [2.05, 4.69) is 31.5 Å². The Morgan fingerprint density at radius 2 is 1.94 bits per heavy atom. The van der Waals surface area contributed by atoms with Crippen LogP contribution in [-0.4, -0.2) is 30.9 Å². The Balaban J connectivity index is 1.07. The van der Waals surface area contributed by atoms with Crippen molar-refractivity contribution in [2.45, 2.75) is 70.5 Å². The quantitative estimate of drug-likeness (QED) is 0.392. The van der Waals surface area contributed by atoms with E-state index in [9.17, 15) is 8.78 Å². The van der Waals surface area contributed by atoms with E-state index < -0.39 is 6.29 Å². The predicted octanol–water partition coefficient (Wildman–Crippen LogP) is 4.81. The number of fused-ring (bicyclic) bond motifs is 6. The molecule has 9 nitrogen and oxygen atoms in total. The second-order valence-electron chi connectivity index (χ2n) is 10.2. The highest BCUT2D eigenvalue weighted by molar-refractivity contribution is 5.97. The van der Waals surface area contributed by atoms with E-state index >= 15 is 0 Å². The monoisotopic (exact) mass is 496 g/mol. The lowest BCUT2D eigenvalue weighted by Gasteiger charge is -2.21. The summed E-state index contributed by atoms with van der Waals surface area (Å²) in [6, 6.07) is 3.05. The lowest BCUT2D eigenvalue weighted by atomic mass is 9.84. The topological polar surface area (TPSA) is 114 Å². The molecule has 0 amide bonds. The number of nitrogens with two attached hydrogens (primary N) is 1. The Morgan fingerprint density at radius 3 is 2.78 bits per heavy atom. The Morgan fingerprint density at radius 1 is 1.11 bits per heavy atom. The third-order valence-corrected chi connectivity index (χ3v) is 7.72. The number of aryl methyl sites for hydroxylation is 3. The molecule has 11 heteroatoms. The molecule has 188 valence electrons. The van der Waals surface area contributed by atoms with Crippen LogP contribution in [0.15, 0.2) is 16.5 Å². The SMILES string of the molecule is CC(CCc1nc2c3ccc4c(c3nc(N)n2n1)OC(F)(F)O4)C1CCc2nc(C3CC3)oc2CC1. The number of nitrogens with zero attached hydrogens (tertiary/aromatic N) is 5. The minimum atomic E-state index is -3.74. The molecule has 0 bridgehead atoms. The number of rotatable bonds is 5. The van der Waals surface area contributed by atoms with Crippen molar-refractivity contribution in [3.05, 3.63) is 35.3 Å². The van der Waals surface area contributed by atoms with Gasteiger partial charge in [0.25, 0.3) is 0 Å². The molecule has 7 rings (SSSR count). The molecule has 0 spiro atoms. The number of alkyl halides is 2. The van der Waals surface area contributed by atoms with Crippen LogP contribution in [-0.2, 0) is 19.3 Å². The van der Waals surface area contributed by atoms with Crippen molar-refractivity contribution in [3.8, 4) is 11.5 Å². The van der Waals surface area contributed by atoms with Crippen molar-refractivity contribution in [1.82, 2.24) is 24.6 Å². The Kier molecular flexibility index (Phi) is 4.68. The van der Waals surface area contributed by atoms with Gasteiger partial charge >= 0.3 is 6.29 Å². The Bertz CT molecular complexity index is 1470. The van der Waals surface area contributed by atoms with Crippen LogP contribution in [0.1, 0.15) is 68.1 Å². The highest BCUT2D eigenvalue weighted by Crippen LogP contribution is 2.46. The molecule has 0 saturated heterocycles. The van der Waals surface area contributed by atoms with Gasteiger partial charge in [0.15, 0.2) is 28.9 Å². The molecular formula is C25H26F2N6O3. The summed E-state index contributed by atoms with van der Waals surface area (Å²) in [6.07, 6.45) is 4.37. The van der Waals surface area contributed by atoms with Crippen LogP contribution in [0, 0.1) is 11.8 Å². The van der Waals surface area contributed by atoms with E-state index in [1.165, 1.54) is 23.4 Å². The lowest BCUT2D eigenvalue weighted by Crippen LogP contribution is -2.26. The van der Waals surface area contributed by atoms with Crippen molar-refractivity contribution in [2.75, 3.05) is 5.73 Å². The van der Waals surface area contributed by atoms with Crippen LogP contribution < -0.4 is 15.2 Å². The highest BCUT2D eigenvalue weighted by Gasteiger charge is 2.45. The summed E-state index contributed by atoms with van der Waals surface area (Å²) in [4.78, 5) is 13.7. The van der Waals surface area contributed by atoms with Crippen LogP contribution in [0.2, 0.25) is 0 Å². The van der Waals surface area contributed by atoms with Gasteiger partial charge in [-0.25, -0.2) is 15.0 Å². The molecule has 2 N–H and O–H groups in total. The number of ether oxygens (including phenoxy) is 2. The van der Waals surface area contributed by atoms with Crippen molar-refractivity contribution < 1.29 is 22.7 Å². The molecule has 4 aromatic rings. The van der Waals surface area contributed by atoms with Crippen molar-refractivity contribution >= 4 is 22.5 Å². The number of anilines is 1. The summed E-state index contributed by atoms with van der Waals surface area (Å²) >= 11 is 0. The van der Waals surface area contributed by atoms with E-state index in [1.807, 2.05) is 0 Å². The first kappa shape index (κ1) is 21.8. The van der Waals surface area contributed by atoms with Gasteiger partial charge in [-0.3, -0.25) is 0 Å². The largest absolute Gasteiger partial charge is 0.586 e. The number of nitrogen functional groups attached to an aromatic ring is 1. The number of benzene rings is 1. The second kappa shape index (κ2) is 7.75. The molecule has 4 heterocycles. The highest BCUT2D eigenvalue weighted by atomic mass is 19.3. The summed E-state index contributed by atoms with van der Waals surface area (Å²) in [7, 11) is 0. The first-order valence-corrected chi connectivity index (χ1v) is 12.6. The van der Waals surface area contributed by atoms with Crippen LogP contribution >= 0.6 is 0 Å². The van der Waals surface area contributed by atoms with Crippen molar-refractivity contribution in [2.24, 2.45) is 11.8 Å². The van der Waals surface area contributed by atoms with Gasteiger partial charge in [-0.2, -0.15) is 4.52 Å². The fourth-order valence-corrected chi connectivity index (χ4v) is 5.49. The number of oxazole rings is 1. The number of hydrogen-bond acceptors (Lipinski definition) is 8. The van der Waals surface area contributed by atoms with E-state index in [1.54, 1.807) is 6.07 Å². The van der Waals surface area contributed by atoms with Crippen LogP contribution in [0.4, 0.5) is 14.7 Å². The lowest BCUT2D eigenvalue weighted by molar-refractivity contribution is -0.286. The van der Waals surface area contributed by atoms with Gasteiger partial charge in [0.05, 0.1) is 5.69 Å². The smallest absolute Gasteiger partial charge is 0.445 e. The predicted molar refractivity (Wildman–Crippen MR) is 125 cm³/mol. The minimum Gasteiger partial charge on any atom is -0.445 e. The van der Waals surface area contributed by atoms with E-state index in [4.69, 9.17) is 15.1 Å². The van der Waals surface area contributed by atoms with Gasteiger partial charge in [0.1, 0.15) is 11.3 Å². The maximum atomic E-state index is 13.6. The average Bonchev–Trinajstić information content (AvgIpc) is 3.41. The first-order chi connectivity index (χ1) is 17.3. The van der Waals surface area contributed by atoms with Gasteiger partial charge < -0.3 is 19.6 Å². The summed E-state index contributed by atoms with van der Waals surface area (Å²) < 4.78 is 43.9. The fourth-order valence-electron chi connectivity index (χ4n) is 5.49. The minimum absolute atomic E-state index is 0.0481. The third-order valence-electron chi connectivity index (χ3n) is 7.72. The molecule has 1 aliphatic heterocycles. The molecule has 3 aromatic heterocycles.